The van der Waals surface area contributed by atoms with Crippen LogP contribution in [0.1, 0.15) is 39.0 Å². The molecule has 84 valence electrons. The van der Waals surface area contributed by atoms with Gasteiger partial charge in [-0.1, -0.05) is 0 Å². The summed E-state index contributed by atoms with van der Waals surface area (Å²) in [4.78, 5) is 10.9. The molecule has 1 aliphatic rings. The summed E-state index contributed by atoms with van der Waals surface area (Å²) in [6, 6.07) is 2.06. The van der Waals surface area contributed by atoms with Crippen molar-refractivity contribution in [2.75, 3.05) is 0 Å². The third-order valence-corrected chi connectivity index (χ3v) is 3.00. The van der Waals surface area contributed by atoms with E-state index in [9.17, 15) is 13.6 Å². The van der Waals surface area contributed by atoms with E-state index in [-0.39, 0.29) is 36.9 Å². The van der Waals surface area contributed by atoms with Crippen molar-refractivity contribution >= 4 is 5.78 Å². The van der Waals surface area contributed by atoms with E-state index in [1.54, 1.807) is 0 Å². The Balaban J connectivity index is 2.51. The van der Waals surface area contributed by atoms with E-state index in [4.69, 9.17) is 5.26 Å². The number of Topliss-reactive ketones (excluding diaryl/α,β-unsaturated/α-hetero) is 1. The van der Waals surface area contributed by atoms with Crippen LogP contribution in [-0.4, -0.2) is 11.7 Å². The summed E-state index contributed by atoms with van der Waals surface area (Å²) in [5.41, 5.74) is 0. The van der Waals surface area contributed by atoms with E-state index in [1.165, 1.54) is 6.92 Å². The molecule has 0 radical (unpaired) electrons. The summed E-state index contributed by atoms with van der Waals surface area (Å²) in [6.45, 7) is 1.43. The van der Waals surface area contributed by atoms with Crippen molar-refractivity contribution in [1.82, 2.24) is 0 Å². The second-order valence-corrected chi connectivity index (χ2v) is 4.34. The normalized spacial score (nSPS) is 23.1. The lowest BCUT2D eigenvalue weighted by Gasteiger charge is -2.30. The van der Waals surface area contributed by atoms with Gasteiger partial charge in [-0.05, 0) is 25.7 Å². The minimum absolute atomic E-state index is 0.0291. The van der Waals surface area contributed by atoms with Crippen LogP contribution in [0, 0.1) is 23.2 Å². The molecule has 1 saturated carbocycles. The molecule has 0 aromatic heterocycles. The largest absolute Gasteiger partial charge is 0.300 e. The molecule has 1 unspecified atom stereocenters. The third-order valence-electron chi connectivity index (χ3n) is 3.00. The highest BCUT2D eigenvalue weighted by Gasteiger charge is 2.37. The van der Waals surface area contributed by atoms with E-state index in [1.807, 2.05) is 0 Å². The molecule has 0 aliphatic heterocycles. The Morgan fingerprint density at radius 3 is 2.47 bits per heavy atom. The highest BCUT2D eigenvalue weighted by molar-refractivity contribution is 5.76. The van der Waals surface area contributed by atoms with Gasteiger partial charge in [0.15, 0.2) is 0 Å². The fraction of sp³-hybridized carbons (Fsp3) is 0.818. The Labute approximate surface area is 88.3 Å². The van der Waals surface area contributed by atoms with Gasteiger partial charge in [0.25, 0.3) is 0 Å². The highest BCUT2D eigenvalue weighted by Crippen LogP contribution is 2.39. The molecule has 1 atom stereocenters. The second kappa shape index (κ2) is 4.69. The first kappa shape index (κ1) is 12.1. The number of carbonyl (C=O) groups is 1. The Morgan fingerprint density at radius 2 is 2.07 bits per heavy atom. The van der Waals surface area contributed by atoms with Crippen LogP contribution in [0.25, 0.3) is 0 Å². The van der Waals surface area contributed by atoms with E-state index in [0.29, 0.717) is 12.8 Å². The summed E-state index contributed by atoms with van der Waals surface area (Å²) in [6.07, 6.45) is 0.630. The lowest BCUT2D eigenvalue weighted by molar-refractivity contribution is -0.118. The molecule has 1 rings (SSSR count). The number of hydrogen-bond donors (Lipinski definition) is 0. The van der Waals surface area contributed by atoms with Crippen LogP contribution in [0.4, 0.5) is 8.78 Å². The van der Waals surface area contributed by atoms with Crippen LogP contribution < -0.4 is 0 Å². The first-order valence-electron chi connectivity index (χ1n) is 5.21. The fourth-order valence-corrected chi connectivity index (χ4v) is 2.09. The molecule has 1 aliphatic carbocycles. The number of nitrogens with zero attached hydrogens (tertiary/aromatic N) is 1. The molecule has 0 saturated heterocycles. The van der Waals surface area contributed by atoms with Gasteiger partial charge in [-0.2, -0.15) is 5.26 Å². The van der Waals surface area contributed by atoms with Crippen molar-refractivity contribution in [3.05, 3.63) is 0 Å². The number of halogens is 2. The van der Waals surface area contributed by atoms with Gasteiger partial charge in [-0.25, -0.2) is 8.78 Å². The highest BCUT2D eigenvalue weighted by atomic mass is 19.3. The number of rotatable bonds is 3. The summed E-state index contributed by atoms with van der Waals surface area (Å²) in [5, 5.41) is 8.87. The Hall–Kier alpha value is -0.980. The van der Waals surface area contributed by atoms with Crippen LogP contribution in [-0.2, 0) is 4.79 Å². The van der Waals surface area contributed by atoms with Crippen molar-refractivity contribution < 1.29 is 13.6 Å². The minimum Gasteiger partial charge on any atom is -0.300 e. The Kier molecular flexibility index (Phi) is 3.78. The lowest BCUT2D eigenvalue weighted by atomic mass is 9.77. The van der Waals surface area contributed by atoms with Crippen molar-refractivity contribution in [3.8, 4) is 6.07 Å². The van der Waals surface area contributed by atoms with Crippen LogP contribution in [0.5, 0.6) is 0 Å². The predicted octanol–water partition coefficient (Wildman–Crippen LogP) is 2.93. The van der Waals surface area contributed by atoms with Crippen molar-refractivity contribution in [2.45, 2.75) is 45.0 Å². The van der Waals surface area contributed by atoms with Crippen LogP contribution in [0.15, 0.2) is 0 Å². The monoisotopic (exact) mass is 215 g/mol. The molecule has 0 aromatic rings. The van der Waals surface area contributed by atoms with Gasteiger partial charge in [-0.15, -0.1) is 0 Å². The average molecular weight is 215 g/mol. The summed E-state index contributed by atoms with van der Waals surface area (Å²) < 4.78 is 25.7. The maximum absolute atomic E-state index is 12.9. The maximum Gasteiger partial charge on any atom is 0.248 e. The maximum atomic E-state index is 12.9. The number of nitriles is 1. The van der Waals surface area contributed by atoms with Gasteiger partial charge in [0, 0.05) is 19.3 Å². The molecular formula is C11H15F2NO. The molecule has 0 aromatic carbocycles. The number of alkyl halides is 2. The molecule has 1 fully saturated rings. The molecule has 4 heteroatoms. The Morgan fingerprint density at radius 1 is 1.53 bits per heavy atom. The molecule has 15 heavy (non-hydrogen) atoms. The zero-order valence-electron chi connectivity index (χ0n) is 8.80. The number of ketones is 1. The minimum atomic E-state index is -2.56. The molecule has 0 amide bonds. The van der Waals surface area contributed by atoms with Crippen molar-refractivity contribution in [2.24, 2.45) is 11.8 Å². The summed E-state index contributed by atoms with van der Waals surface area (Å²) >= 11 is 0. The quantitative estimate of drug-likeness (QED) is 0.726. The second-order valence-electron chi connectivity index (χ2n) is 4.34. The SMILES string of the molecule is CC(=O)CC(C#N)C1CCC(F)(F)CC1. The molecule has 2 nitrogen and oxygen atoms in total. The molecule has 0 N–H and O–H groups in total. The first-order chi connectivity index (χ1) is 6.94. The fourth-order valence-electron chi connectivity index (χ4n) is 2.09. The zero-order chi connectivity index (χ0) is 11.5. The lowest BCUT2D eigenvalue weighted by Crippen LogP contribution is -2.28. The van der Waals surface area contributed by atoms with Crippen LogP contribution in [0.2, 0.25) is 0 Å². The van der Waals surface area contributed by atoms with E-state index in [2.05, 4.69) is 6.07 Å². The summed E-state index contributed by atoms with van der Waals surface area (Å²) in [5.74, 6) is -3.01. The zero-order valence-corrected chi connectivity index (χ0v) is 8.80. The topological polar surface area (TPSA) is 40.9 Å². The predicted molar refractivity (Wildman–Crippen MR) is 51.3 cm³/mol. The van der Waals surface area contributed by atoms with Gasteiger partial charge in [0.05, 0.1) is 12.0 Å². The van der Waals surface area contributed by atoms with Crippen LogP contribution >= 0.6 is 0 Å². The van der Waals surface area contributed by atoms with E-state index >= 15 is 0 Å². The average Bonchev–Trinajstić information content (AvgIpc) is 2.14. The molecule has 0 heterocycles. The molecular weight excluding hydrogens is 200 g/mol. The van der Waals surface area contributed by atoms with Gasteiger partial charge >= 0.3 is 0 Å². The van der Waals surface area contributed by atoms with E-state index in [0.717, 1.165) is 0 Å². The van der Waals surface area contributed by atoms with E-state index < -0.39 is 5.92 Å². The van der Waals surface area contributed by atoms with Gasteiger partial charge in [-0.3, -0.25) is 4.79 Å². The third kappa shape index (κ3) is 3.58. The number of hydrogen-bond acceptors (Lipinski definition) is 2. The van der Waals surface area contributed by atoms with Crippen molar-refractivity contribution in [3.63, 3.8) is 0 Å². The first-order valence-corrected chi connectivity index (χ1v) is 5.21. The molecule has 0 spiro atoms. The van der Waals surface area contributed by atoms with Crippen molar-refractivity contribution in [1.29, 1.82) is 5.26 Å². The Bertz CT molecular complexity index is 273. The molecule has 0 bridgehead atoms. The van der Waals surface area contributed by atoms with Gasteiger partial charge in [0.2, 0.25) is 5.92 Å². The van der Waals surface area contributed by atoms with Gasteiger partial charge in [0.1, 0.15) is 5.78 Å². The van der Waals surface area contributed by atoms with Crippen LogP contribution in [0.3, 0.4) is 0 Å². The standard InChI is InChI=1S/C11H15F2NO/c1-8(15)6-10(7-14)9-2-4-11(12,13)5-3-9/h9-10H,2-6H2,1H3. The number of carbonyl (C=O) groups excluding carboxylic acids is 1. The van der Waals surface area contributed by atoms with Gasteiger partial charge < -0.3 is 0 Å². The summed E-state index contributed by atoms with van der Waals surface area (Å²) in [7, 11) is 0. The smallest absolute Gasteiger partial charge is 0.248 e.